The Balaban J connectivity index is 1.39. The maximum atomic E-state index is 13.9. The number of hydrogen-bond acceptors (Lipinski definition) is 6. The number of thioether (sulfide) groups is 1. The average molecular weight is 743 g/mol. The summed E-state index contributed by atoms with van der Waals surface area (Å²) >= 11 is 4.98. The van der Waals surface area contributed by atoms with E-state index in [0.29, 0.717) is 14.9 Å². The molecule has 0 radical (unpaired) electrons. The molecule has 16 heteroatoms. The van der Waals surface area contributed by atoms with Crippen LogP contribution in [0.5, 0.6) is 0 Å². The summed E-state index contributed by atoms with van der Waals surface area (Å²) in [6.45, 7) is -0.615. The Kier molecular flexibility index (Phi) is 8.17. The lowest BCUT2D eigenvalue weighted by Crippen LogP contribution is -2.33. The molecule has 1 saturated heterocycles. The van der Waals surface area contributed by atoms with E-state index in [1.54, 1.807) is 24.3 Å². The fraction of sp³-hybridized carbons (Fsp3) is 0.200. The maximum absolute atomic E-state index is 13.9. The number of carbonyl (C=O) groups is 3. The van der Waals surface area contributed by atoms with Crippen LogP contribution in [0.3, 0.4) is 0 Å². The molecule has 2 aliphatic rings. The number of carbonyl (C=O) groups excluding carboxylic acids is 3. The highest BCUT2D eigenvalue weighted by Gasteiger charge is 2.57. The number of halogens is 7. The lowest BCUT2D eigenvalue weighted by atomic mass is 9.83. The number of nitrogens with zero attached hydrogens (tertiary/aromatic N) is 2. The first kappa shape index (κ1) is 32.1. The summed E-state index contributed by atoms with van der Waals surface area (Å²) in [5.74, 6) is -4.32. The zero-order valence-corrected chi connectivity index (χ0v) is 26.1. The fourth-order valence-corrected chi connectivity index (χ4v) is 8.70. The number of rotatable bonds is 5. The molecule has 3 atom stereocenters. The zero-order valence-electron chi connectivity index (χ0n) is 22.9. The molecule has 238 valence electrons. The van der Waals surface area contributed by atoms with Crippen LogP contribution in [0.1, 0.15) is 27.5 Å². The van der Waals surface area contributed by atoms with E-state index >= 15 is 0 Å². The monoisotopic (exact) mass is 741 g/mol. The van der Waals surface area contributed by atoms with Crippen LogP contribution in [-0.4, -0.2) is 27.5 Å². The van der Waals surface area contributed by atoms with Gasteiger partial charge < -0.3 is 5.32 Å². The van der Waals surface area contributed by atoms with Crippen molar-refractivity contribution in [2.24, 2.45) is 5.92 Å². The van der Waals surface area contributed by atoms with Crippen LogP contribution in [0.15, 0.2) is 87.1 Å². The lowest BCUT2D eigenvalue weighted by molar-refractivity contribution is -0.138. The minimum Gasteiger partial charge on any atom is -0.325 e. The highest BCUT2D eigenvalue weighted by atomic mass is 79.9. The van der Waals surface area contributed by atoms with Gasteiger partial charge in [0, 0.05) is 21.0 Å². The minimum absolute atomic E-state index is 0.148. The summed E-state index contributed by atoms with van der Waals surface area (Å²) in [7, 11) is 0. The molecule has 2 aliphatic heterocycles. The quantitative estimate of drug-likeness (QED) is 0.174. The normalized spacial score (nSPS) is 19.6. The van der Waals surface area contributed by atoms with Gasteiger partial charge in [0.2, 0.25) is 17.7 Å². The van der Waals surface area contributed by atoms with Gasteiger partial charge in [-0.3, -0.25) is 23.7 Å². The largest absolute Gasteiger partial charge is 0.416 e. The van der Waals surface area contributed by atoms with Crippen LogP contribution in [0, 0.1) is 5.92 Å². The maximum Gasteiger partial charge on any atom is 0.416 e. The van der Waals surface area contributed by atoms with Crippen LogP contribution < -0.4 is 15.1 Å². The number of thiazole rings is 1. The van der Waals surface area contributed by atoms with Crippen molar-refractivity contribution in [3.63, 3.8) is 0 Å². The Morgan fingerprint density at radius 2 is 1.50 bits per heavy atom. The average Bonchev–Trinajstić information content (AvgIpc) is 3.42. The zero-order chi connectivity index (χ0) is 33.1. The van der Waals surface area contributed by atoms with E-state index in [1.165, 1.54) is 12.1 Å². The molecule has 3 amide bonds. The minimum atomic E-state index is -4.73. The molecule has 3 heterocycles. The Bertz CT molecular complexity index is 1960. The fourth-order valence-electron chi connectivity index (χ4n) is 5.51. The molecular formula is C30H18BrF6N3O4S2. The number of nitrogens with one attached hydrogen (secondary N) is 1. The number of anilines is 2. The number of benzene rings is 3. The van der Waals surface area contributed by atoms with Crippen LogP contribution in [0.4, 0.5) is 37.7 Å². The van der Waals surface area contributed by atoms with E-state index < -0.39 is 69.7 Å². The Hall–Kier alpha value is -3.89. The first-order valence-corrected chi connectivity index (χ1v) is 15.8. The van der Waals surface area contributed by atoms with E-state index in [1.807, 2.05) is 0 Å². The summed E-state index contributed by atoms with van der Waals surface area (Å²) in [5.41, 5.74) is -1.89. The van der Waals surface area contributed by atoms with E-state index in [9.17, 15) is 45.5 Å². The molecule has 4 aromatic rings. The second kappa shape index (κ2) is 11.7. The Morgan fingerprint density at radius 1 is 0.848 bits per heavy atom. The summed E-state index contributed by atoms with van der Waals surface area (Å²) in [6.07, 6.45) is -9.37. The summed E-state index contributed by atoms with van der Waals surface area (Å²) in [6, 6.07) is 14.6. The van der Waals surface area contributed by atoms with Gasteiger partial charge in [0.1, 0.15) is 11.8 Å². The molecule has 1 N–H and O–H groups in total. The smallest absolute Gasteiger partial charge is 0.325 e. The molecule has 7 nitrogen and oxygen atoms in total. The van der Waals surface area contributed by atoms with Crippen molar-refractivity contribution < 1.29 is 40.7 Å². The molecule has 0 spiro atoms. The van der Waals surface area contributed by atoms with E-state index in [2.05, 4.69) is 21.2 Å². The molecule has 0 aliphatic carbocycles. The van der Waals surface area contributed by atoms with Crippen molar-refractivity contribution in [3.8, 4) is 0 Å². The van der Waals surface area contributed by atoms with Crippen LogP contribution >= 0.6 is 39.0 Å². The molecule has 6 rings (SSSR count). The molecule has 1 fully saturated rings. The number of alkyl halides is 6. The molecular weight excluding hydrogens is 724 g/mol. The van der Waals surface area contributed by atoms with E-state index in [-0.39, 0.29) is 16.4 Å². The number of hydrogen-bond donors (Lipinski definition) is 1. The molecule has 0 bridgehead atoms. The topological polar surface area (TPSA) is 88.5 Å². The number of amides is 3. The predicted molar refractivity (Wildman–Crippen MR) is 162 cm³/mol. The van der Waals surface area contributed by atoms with Crippen molar-refractivity contribution in [1.29, 1.82) is 0 Å². The third-order valence-corrected chi connectivity index (χ3v) is 10.6. The Labute approximate surface area is 272 Å². The van der Waals surface area contributed by atoms with Gasteiger partial charge in [0.05, 0.1) is 27.8 Å². The number of imide groups is 1. The van der Waals surface area contributed by atoms with Crippen LogP contribution in [0.25, 0.3) is 0 Å². The molecule has 3 aromatic carbocycles. The van der Waals surface area contributed by atoms with Gasteiger partial charge in [0.25, 0.3) is 0 Å². The highest BCUT2D eigenvalue weighted by molar-refractivity contribution is 9.10. The molecule has 46 heavy (non-hydrogen) atoms. The van der Waals surface area contributed by atoms with Gasteiger partial charge in [-0.05, 0) is 54.1 Å². The SMILES string of the molecule is O=C(Cn1c2c(sc1=O)C(c1cccc(Br)c1)C1C(=O)N(c3cccc(C(F)(F)F)c3)C(=O)C1S2)Nc1cccc(C(F)(F)F)c1. The van der Waals surface area contributed by atoms with Gasteiger partial charge >= 0.3 is 17.2 Å². The van der Waals surface area contributed by atoms with Crippen molar-refractivity contribution in [3.05, 3.63) is 109 Å². The van der Waals surface area contributed by atoms with Crippen molar-refractivity contribution in [2.45, 2.75) is 35.1 Å². The standard InChI is InChI=1S/C30H18BrF6N3O4S2/c31-17-7-1-4-14(10-17)21-22-23(26(43)40(25(22)42)19-9-3-6-16(12-19)30(35,36)37)45-27-24(21)46-28(44)39(27)13-20(41)38-18-8-2-5-15(11-18)29(32,33)34/h1-12,21-23H,13H2,(H,38,41). The highest BCUT2D eigenvalue weighted by Crippen LogP contribution is 2.54. The third-order valence-electron chi connectivity index (χ3n) is 7.46. The van der Waals surface area contributed by atoms with E-state index in [4.69, 9.17) is 0 Å². The summed E-state index contributed by atoms with van der Waals surface area (Å²) in [5, 5.41) is 1.39. The van der Waals surface area contributed by atoms with Crippen molar-refractivity contribution in [1.82, 2.24) is 4.57 Å². The van der Waals surface area contributed by atoms with Gasteiger partial charge in [-0.1, -0.05) is 63.3 Å². The second-order valence-electron chi connectivity index (χ2n) is 10.4. The molecule has 1 aromatic heterocycles. The molecule has 0 saturated carbocycles. The van der Waals surface area contributed by atoms with Gasteiger partial charge in [-0.2, -0.15) is 26.3 Å². The Morgan fingerprint density at radius 3 is 2.17 bits per heavy atom. The van der Waals surface area contributed by atoms with Gasteiger partial charge in [-0.25, -0.2) is 4.90 Å². The number of aromatic nitrogens is 1. The summed E-state index contributed by atoms with van der Waals surface area (Å²) in [4.78, 5) is 54.5. The predicted octanol–water partition coefficient (Wildman–Crippen LogP) is 7.14. The van der Waals surface area contributed by atoms with Crippen molar-refractivity contribution in [2.75, 3.05) is 10.2 Å². The summed E-state index contributed by atoms with van der Waals surface area (Å²) < 4.78 is 81.7. The third kappa shape index (κ3) is 5.88. The van der Waals surface area contributed by atoms with Crippen molar-refractivity contribution >= 4 is 68.1 Å². The van der Waals surface area contributed by atoms with Crippen LogP contribution in [-0.2, 0) is 33.3 Å². The van der Waals surface area contributed by atoms with Gasteiger partial charge in [-0.15, -0.1) is 0 Å². The van der Waals surface area contributed by atoms with E-state index in [0.717, 1.165) is 69.0 Å². The lowest BCUT2D eigenvalue weighted by Gasteiger charge is -2.30. The molecule has 3 unspecified atom stereocenters. The number of fused-ring (bicyclic) bond motifs is 2. The second-order valence-corrected chi connectivity index (χ2v) is 13.4. The van der Waals surface area contributed by atoms with Crippen LogP contribution in [0.2, 0.25) is 0 Å². The first-order chi connectivity index (χ1) is 21.6. The van der Waals surface area contributed by atoms with Gasteiger partial charge in [0.15, 0.2) is 0 Å². The first-order valence-electron chi connectivity index (χ1n) is 13.3.